The van der Waals surface area contributed by atoms with Crippen molar-refractivity contribution in [3.63, 3.8) is 0 Å². The topological polar surface area (TPSA) is 87.7 Å². The summed E-state index contributed by atoms with van der Waals surface area (Å²) in [6, 6.07) is 21.7. The number of alkyl halides is 1. The first kappa shape index (κ1) is 23.1. The number of esters is 1. The number of nitrogens with one attached hydrogen (secondary N) is 2. The number of methoxy groups -OCH3 is 1. The highest BCUT2D eigenvalue weighted by molar-refractivity contribution is 6.37. The summed E-state index contributed by atoms with van der Waals surface area (Å²) in [5.41, 5.74) is 4.87. The Kier molecular flexibility index (Phi) is 6.65. The van der Waals surface area contributed by atoms with Gasteiger partial charge in [-0.2, -0.15) is 0 Å². The van der Waals surface area contributed by atoms with Crippen LogP contribution in [-0.2, 0) is 14.3 Å². The number of carbonyl (C=O) groups excluding carboxylic acids is 3. The highest BCUT2D eigenvalue weighted by Crippen LogP contribution is 2.38. The van der Waals surface area contributed by atoms with E-state index in [1.54, 1.807) is 37.4 Å². The number of fused-ring (bicyclic) bond motifs is 1. The number of hydrogen-bond acceptors (Lipinski definition) is 5. The lowest BCUT2D eigenvalue weighted by atomic mass is 9.99. The molecule has 3 aromatic carbocycles. The summed E-state index contributed by atoms with van der Waals surface area (Å²) >= 11 is 5.65. The fourth-order valence-corrected chi connectivity index (χ4v) is 3.88. The molecule has 0 fully saturated rings. The largest absolute Gasteiger partial charge is 0.465 e. The van der Waals surface area contributed by atoms with Crippen molar-refractivity contribution in [3.05, 3.63) is 89.5 Å². The maximum atomic E-state index is 13.1. The van der Waals surface area contributed by atoms with Crippen LogP contribution in [0.15, 0.2) is 72.8 Å². The standard InChI is InChI=1S/C26H22ClN3O4/c1-30(22(31)15-27)19-11-9-18(10-12-19)28-24(16-6-4-3-5-7-16)23-20-13-8-17(26(33)34-2)14-21(20)29-25(23)32/h3-14,28H,15H2,1-2H3,(H,29,32)/b24-23-. The summed E-state index contributed by atoms with van der Waals surface area (Å²) < 4.78 is 4.79. The second-order valence-electron chi connectivity index (χ2n) is 7.58. The summed E-state index contributed by atoms with van der Waals surface area (Å²) in [5.74, 6) is -1.08. The van der Waals surface area contributed by atoms with E-state index in [1.807, 2.05) is 42.5 Å². The van der Waals surface area contributed by atoms with Crippen LogP contribution in [0.2, 0.25) is 0 Å². The van der Waals surface area contributed by atoms with Gasteiger partial charge < -0.3 is 20.3 Å². The Hall–Kier alpha value is -4.10. The van der Waals surface area contributed by atoms with Gasteiger partial charge in [0.05, 0.1) is 29.6 Å². The van der Waals surface area contributed by atoms with Crippen molar-refractivity contribution in [1.82, 2.24) is 0 Å². The number of ether oxygens (including phenoxy) is 1. The van der Waals surface area contributed by atoms with E-state index in [4.69, 9.17) is 16.3 Å². The van der Waals surface area contributed by atoms with Gasteiger partial charge >= 0.3 is 5.97 Å². The second kappa shape index (κ2) is 9.80. The summed E-state index contributed by atoms with van der Waals surface area (Å²) in [6.45, 7) is 0. The van der Waals surface area contributed by atoms with Crippen LogP contribution in [0.4, 0.5) is 17.1 Å². The molecular formula is C26H22ClN3O4. The molecule has 172 valence electrons. The van der Waals surface area contributed by atoms with Crippen LogP contribution in [0.1, 0.15) is 21.5 Å². The minimum atomic E-state index is -0.478. The molecule has 0 saturated carbocycles. The molecule has 3 aromatic rings. The molecule has 0 spiro atoms. The average Bonchev–Trinajstić information content (AvgIpc) is 3.21. The Morgan fingerprint density at radius 2 is 1.71 bits per heavy atom. The Morgan fingerprint density at radius 3 is 2.35 bits per heavy atom. The molecule has 0 radical (unpaired) electrons. The molecule has 0 aliphatic carbocycles. The van der Waals surface area contributed by atoms with E-state index in [0.717, 1.165) is 11.3 Å². The lowest BCUT2D eigenvalue weighted by molar-refractivity contribution is -0.116. The smallest absolute Gasteiger partial charge is 0.337 e. The highest BCUT2D eigenvalue weighted by Gasteiger charge is 2.29. The van der Waals surface area contributed by atoms with Gasteiger partial charge in [-0.3, -0.25) is 9.59 Å². The van der Waals surface area contributed by atoms with Crippen LogP contribution >= 0.6 is 11.6 Å². The van der Waals surface area contributed by atoms with Gasteiger partial charge in [-0.05, 0) is 42.0 Å². The van der Waals surface area contributed by atoms with Crippen molar-refractivity contribution in [2.75, 3.05) is 35.6 Å². The van der Waals surface area contributed by atoms with Crippen LogP contribution in [0, 0.1) is 0 Å². The number of carbonyl (C=O) groups is 3. The van der Waals surface area contributed by atoms with E-state index < -0.39 is 5.97 Å². The van der Waals surface area contributed by atoms with E-state index in [0.29, 0.717) is 33.8 Å². The van der Waals surface area contributed by atoms with Gasteiger partial charge in [0.15, 0.2) is 0 Å². The third kappa shape index (κ3) is 4.51. The van der Waals surface area contributed by atoms with Gasteiger partial charge in [0.25, 0.3) is 5.91 Å². The van der Waals surface area contributed by atoms with E-state index in [-0.39, 0.29) is 17.7 Å². The lowest BCUT2D eigenvalue weighted by Crippen LogP contribution is -2.27. The maximum Gasteiger partial charge on any atom is 0.337 e. The van der Waals surface area contributed by atoms with Gasteiger partial charge in [-0.25, -0.2) is 4.79 Å². The quantitative estimate of drug-likeness (QED) is 0.309. The lowest BCUT2D eigenvalue weighted by Gasteiger charge is -2.18. The summed E-state index contributed by atoms with van der Waals surface area (Å²) in [4.78, 5) is 38.3. The summed E-state index contributed by atoms with van der Waals surface area (Å²) in [6.07, 6.45) is 0. The number of amides is 2. The Morgan fingerprint density at radius 1 is 1.00 bits per heavy atom. The average molecular weight is 476 g/mol. The molecule has 1 aliphatic heterocycles. The predicted molar refractivity (Wildman–Crippen MR) is 134 cm³/mol. The van der Waals surface area contributed by atoms with Crippen molar-refractivity contribution in [2.45, 2.75) is 0 Å². The van der Waals surface area contributed by atoms with Crippen molar-refractivity contribution >= 4 is 57.7 Å². The summed E-state index contributed by atoms with van der Waals surface area (Å²) in [5, 5.41) is 6.21. The van der Waals surface area contributed by atoms with Crippen LogP contribution in [0.5, 0.6) is 0 Å². The second-order valence-corrected chi connectivity index (χ2v) is 7.85. The number of benzene rings is 3. The van der Waals surface area contributed by atoms with E-state index in [1.165, 1.54) is 12.0 Å². The van der Waals surface area contributed by atoms with Crippen molar-refractivity contribution in [3.8, 4) is 0 Å². The molecule has 7 nitrogen and oxygen atoms in total. The van der Waals surface area contributed by atoms with E-state index >= 15 is 0 Å². The van der Waals surface area contributed by atoms with Crippen molar-refractivity contribution in [2.24, 2.45) is 0 Å². The first-order valence-electron chi connectivity index (χ1n) is 10.5. The number of halogens is 1. The predicted octanol–water partition coefficient (Wildman–Crippen LogP) is 4.61. The third-order valence-corrected chi connectivity index (χ3v) is 5.74. The summed E-state index contributed by atoms with van der Waals surface area (Å²) in [7, 11) is 2.97. The minimum absolute atomic E-state index is 0.104. The normalized spacial score (nSPS) is 13.6. The monoisotopic (exact) mass is 475 g/mol. The Labute approximate surface area is 202 Å². The Balaban J connectivity index is 1.76. The van der Waals surface area contributed by atoms with Gasteiger partial charge in [0, 0.05) is 24.0 Å². The van der Waals surface area contributed by atoms with Gasteiger partial charge in [-0.15, -0.1) is 11.6 Å². The van der Waals surface area contributed by atoms with Gasteiger partial charge in [0.2, 0.25) is 5.91 Å². The molecule has 2 amide bonds. The fraction of sp³-hybridized carbons (Fsp3) is 0.115. The third-order valence-electron chi connectivity index (χ3n) is 5.51. The molecule has 1 aliphatic rings. The van der Waals surface area contributed by atoms with E-state index in [2.05, 4.69) is 10.6 Å². The first-order valence-corrected chi connectivity index (χ1v) is 11.0. The molecule has 2 N–H and O–H groups in total. The molecule has 0 atom stereocenters. The number of rotatable bonds is 6. The van der Waals surface area contributed by atoms with Crippen LogP contribution in [0.3, 0.4) is 0 Å². The molecule has 0 aromatic heterocycles. The highest BCUT2D eigenvalue weighted by atomic mass is 35.5. The maximum absolute atomic E-state index is 13.1. The number of anilines is 3. The molecule has 0 unspecified atom stereocenters. The Bertz CT molecular complexity index is 1290. The SMILES string of the molecule is COC(=O)c1ccc2c(c1)NC(=O)/C2=C(\Nc1ccc(N(C)C(=O)CCl)cc1)c1ccccc1. The molecule has 1 heterocycles. The molecule has 0 bridgehead atoms. The van der Waals surface area contributed by atoms with Gasteiger partial charge in [0.1, 0.15) is 5.88 Å². The number of hydrogen-bond donors (Lipinski definition) is 2. The van der Waals surface area contributed by atoms with Crippen molar-refractivity contribution < 1.29 is 19.1 Å². The first-order chi connectivity index (χ1) is 16.4. The van der Waals surface area contributed by atoms with Gasteiger partial charge in [-0.1, -0.05) is 36.4 Å². The van der Waals surface area contributed by atoms with Crippen LogP contribution < -0.4 is 15.5 Å². The zero-order valence-corrected chi connectivity index (χ0v) is 19.3. The molecule has 0 saturated heterocycles. The molecule has 34 heavy (non-hydrogen) atoms. The zero-order chi connectivity index (χ0) is 24.2. The zero-order valence-electron chi connectivity index (χ0n) is 18.6. The van der Waals surface area contributed by atoms with E-state index in [9.17, 15) is 14.4 Å². The van der Waals surface area contributed by atoms with Crippen LogP contribution in [0.25, 0.3) is 11.3 Å². The number of nitrogens with zero attached hydrogens (tertiary/aromatic N) is 1. The molecule has 8 heteroatoms. The minimum Gasteiger partial charge on any atom is -0.465 e. The van der Waals surface area contributed by atoms with Crippen LogP contribution in [-0.4, -0.2) is 37.8 Å². The molecular weight excluding hydrogens is 454 g/mol. The molecule has 4 rings (SSSR count). The fourth-order valence-electron chi connectivity index (χ4n) is 3.70. The van der Waals surface area contributed by atoms with Crippen molar-refractivity contribution in [1.29, 1.82) is 0 Å².